The largest absolute Gasteiger partial charge is 0.478 e. The van der Waals surface area contributed by atoms with E-state index in [1.165, 1.54) is 0 Å². The van der Waals surface area contributed by atoms with Crippen LogP contribution in [-0.2, 0) is 11.0 Å². The summed E-state index contributed by atoms with van der Waals surface area (Å²) < 4.78 is 77.6. The highest BCUT2D eigenvalue weighted by Gasteiger charge is 2.34. The Morgan fingerprint density at radius 2 is 1.86 bits per heavy atom. The molecule has 0 radical (unpaired) electrons. The second-order valence-corrected chi connectivity index (χ2v) is 3.66. The lowest BCUT2D eigenvalue weighted by atomic mass is 10.2. The van der Waals surface area contributed by atoms with Gasteiger partial charge in [0.2, 0.25) is 5.88 Å². The molecule has 1 aromatic rings. The van der Waals surface area contributed by atoms with Gasteiger partial charge < -0.3 is 9.84 Å². The van der Waals surface area contributed by atoms with Gasteiger partial charge in [-0.15, -0.1) is 0 Å². The second-order valence-electron chi connectivity index (χ2n) is 3.66. The standard InChI is InChI=1S/C11H7F6NO3/c12-10(13,14)5-21-9-6(2-4-8(19)20)1-3-7(18-9)11(15,16)17/h1-4H,5H2,(H,19,20). The lowest BCUT2D eigenvalue weighted by Gasteiger charge is -2.13. The van der Waals surface area contributed by atoms with Crippen molar-refractivity contribution in [3.8, 4) is 5.88 Å². The third-order valence-electron chi connectivity index (χ3n) is 1.96. The molecule has 1 heterocycles. The zero-order valence-corrected chi connectivity index (χ0v) is 10.00. The van der Waals surface area contributed by atoms with Crippen molar-refractivity contribution in [2.24, 2.45) is 0 Å². The van der Waals surface area contributed by atoms with Crippen LogP contribution in [0, 0.1) is 0 Å². The summed E-state index contributed by atoms with van der Waals surface area (Å²) in [6.07, 6.45) is -8.33. The number of nitrogens with zero attached hydrogens (tertiary/aromatic N) is 1. The Bertz CT molecular complexity index is 550. The van der Waals surface area contributed by atoms with Gasteiger partial charge in [0.25, 0.3) is 0 Å². The molecule has 10 heteroatoms. The number of alkyl halides is 6. The number of hydrogen-bond donors (Lipinski definition) is 1. The molecule has 0 saturated heterocycles. The van der Waals surface area contributed by atoms with Crippen LogP contribution in [0.3, 0.4) is 0 Å². The van der Waals surface area contributed by atoms with E-state index in [1.54, 1.807) is 0 Å². The zero-order chi connectivity index (χ0) is 16.3. The normalized spacial score (nSPS) is 12.7. The van der Waals surface area contributed by atoms with E-state index in [1.807, 2.05) is 0 Å². The molecule has 0 aliphatic carbocycles. The summed E-state index contributed by atoms with van der Waals surface area (Å²) in [6.45, 7) is -1.85. The highest BCUT2D eigenvalue weighted by atomic mass is 19.4. The molecule has 21 heavy (non-hydrogen) atoms. The molecule has 0 aliphatic rings. The Labute approximate surface area is 113 Å². The van der Waals surface area contributed by atoms with E-state index in [0.717, 1.165) is 12.1 Å². The third kappa shape index (κ3) is 5.71. The molecule has 0 fully saturated rings. The van der Waals surface area contributed by atoms with Gasteiger partial charge in [-0.2, -0.15) is 26.3 Å². The van der Waals surface area contributed by atoms with Crippen molar-refractivity contribution in [2.45, 2.75) is 12.4 Å². The summed E-state index contributed by atoms with van der Waals surface area (Å²) in [5.41, 5.74) is -1.78. The van der Waals surface area contributed by atoms with Crippen LogP contribution in [0.4, 0.5) is 26.3 Å². The van der Waals surface area contributed by atoms with Gasteiger partial charge in [-0.1, -0.05) is 0 Å². The Balaban J connectivity index is 3.15. The van der Waals surface area contributed by atoms with Gasteiger partial charge in [0, 0.05) is 11.6 Å². The first-order chi connectivity index (χ1) is 9.49. The Hall–Kier alpha value is -2.26. The molecule has 1 N–H and O–H groups in total. The molecule has 1 rings (SSSR count). The van der Waals surface area contributed by atoms with Crippen LogP contribution in [-0.4, -0.2) is 28.8 Å². The monoisotopic (exact) mass is 315 g/mol. The number of hydrogen-bond acceptors (Lipinski definition) is 3. The maximum Gasteiger partial charge on any atom is 0.433 e. The maximum absolute atomic E-state index is 12.4. The smallest absolute Gasteiger partial charge is 0.433 e. The minimum Gasteiger partial charge on any atom is -0.478 e. The SMILES string of the molecule is O=C(O)C=Cc1ccc(C(F)(F)F)nc1OCC(F)(F)F. The van der Waals surface area contributed by atoms with Crippen molar-refractivity contribution in [1.29, 1.82) is 0 Å². The van der Waals surface area contributed by atoms with Crippen LogP contribution < -0.4 is 4.74 Å². The minimum atomic E-state index is -4.87. The van der Waals surface area contributed by atoms with Gasteiger partial charge >= 0.3 is 18.3 Å². The van der Waals surface area contributed by atoms with Gasteiger partial charge in [0.1, 0.15) is 5.69 Å². The Morgan fingerprint density at radius 1 is 1.24 bits per heavy atom. The number of aromatic nitrogens is 1. The summed E-state index contributed by atoms with van der Waals surface area (Å²) in [4.78, 5) is 13.3. The fourth-order valence-electron chi connectivity index (χ4n) is 1.16. The molecule has 0 spiro atoms. The van der Waals surface area contributed by atoms with Crippen LogP contribution in [0.15, 0.2) is 18.2 Å². The minimum absolute atomic E-state index is 0.324. The van der Waals surface area contributed by atoms with Crippen molar-refractivity contribution >= 4 is 12.0 Å². The molecule has 0 bridgehead atoms. The lowest BCUT2D eigenvalue weighted by molar-refractivity contribution is -0.154. The predicted molar refractivity (Wildman–Crippen MR) is 57.5 cm³/mol. The summed E-state index contributed by atoms with van der Waals surface area (Å²) in [7, 11) is 0. The van der Waals surface area contributed by atoms with E-state index in [2.05, 4.69) is 9.72 Å². The average Bonchev–Trinajstić information content (AvgIpc) is 2.32. The van der Waals surface area contributed by atoms with E-state index in [4.69, 9.17) is 5.11 Å². The molecule has 0 aliphatic heterocycles. The number of halogens is 6. The highest BCUT2D eigenvalue weighted by Crippen LogP contribution is 2.31. The van der Waals surface area contributed by atoms with Crippen LogP contribution >= 0.6 is 0 Å². The van der Waals surface area contributed by atoms with Crippen molar-refractivity contribution in [2.75, 3.05) is 6.61 Å². The first kappa shape index (κ1) is 16.8. The lowest BCUT2D eigenvalue weighted by Crippen LogP contribution is -2.20. The summed E-state index contributed by atoms with van der Waals surface area (Å²) >= 11 is 0. The quantitative estimate of drug-likeness (QED) is 0.685. The van der Waals surface area contributed by atoms with Crippen molar-refractivity contribution in [3.63, 3.8) is 0 Å². The third-order valence-corrected chi connectivity index (χ3v) is 1.96. The Kier molecular flexibility index (Phi) is 4.81. The molecular formula is C11H7F6NO3. The van der Waals surface area contributed by atoms with E-state index in [-0.39, 0.29) is 5.56 Å². The molecule has 4 nitrogen and oxygen atoms in total. The topological polar surface area (TPSA) is 59.4 Å². The Morgan fingerprint density at radius 3 is 2.33 bits per heavy atom. The molecule has 0 saturated carbocycles. The fourth-order valence-corrected chi connectivity index (χ4v) is 1.16. The first-order valence-electron chi connectivity index (χ1n) is 5.18. The van der Waals surface area contributed by atoms with Gasteiger partial charge in [0.15, 0.2) is 6.61 Å². The van der Waals surface area contributed by atoms with Crippen LogP contribution in [0.2, 0.25) is 0 Å². The van der Waals surface area contributed by atoms with Crippen molar-refractivity contribution in [1.82, 2.24) is 4.98 Å². The highest BCUT2D eigenvalue weighted by molar-refractivity contribution is 5.85. The number of ether oxygens (including phenoxy) is 1. The number of carbonyl (C=O) groups is 1. The molecule has 0 amide bonds. The molecule has 0 aromatic carbocycles. The predicted octanol–water partition coefficient (Wildman–Crippen LogP) is 3.14. The van der Waals surface area contributed by atoms with E-state index in [9.17, 15) is 31.1 Å². The molecule has 0 unspecified atom stereocenters. The number of pyridine rings is 1. The summed E-state index contributed by atoms with van der Waals surface area (Å²) in [5.74, 6) is -2.39. The molecule has 116 valence electrons. The first-order valence-corrected chi connectivity index (χ1v) is 5.18. The number of carboxylic acids is 1. The average molecular weight is 315 g/mol. The molecular weight excluding hydrogens is 308 g/mol. The van der Waals surface area contributed by atoms with Crippen LogP contribution in [0.5, 0.6) is 5.88 Å². The van der Waals surface area contributed by atoms with Crippen molar-refractivity contribution < 1.29 is 41.0 Å². The van der Waals surface area contributed by atoms with Gasteiger partial charge in [0.05, 0.1) is 0 Å². The fraction of sp³-hybridized carbons (Fsp3) is 0.273. The van der Waals surface area contributed by atoms with Gasteiger partial charge in [-0.3, -0.25) is 0 Å². The molecule has 0 atom stereocenters. The second kappa shape index (κ2) is 6.02. The summed E-state index contributed by atoms with van der Waals surface area (Å²) in [5, 5.41) is 8.40. The number of aliphatic carboxylic acids is 1. The number of carboxylic acid groups (broad SMARTS) is 1. The summed E-state index contributed by atoms with van der Waals surface area (Å²) in [6, 6.07) is 1.27. The van der Waals surface area contributed by atoms with Crippen molar-refractivity contribution in [3.05, 3.63) is 29.5 Å². The van der Waals surface area contributed by atoms with Crippen LogP contribution in [0.1, 0.15) is 11.3 Å². The van der Waals surface area contributed by atoms with E-state index >= 15 is 0 Å². The van der Waals surface area contributed by atoms with Crippen LogP contribution in [0.25, 0.3) is 6.08 Å². The van der Waals surface area contributed by atoms with Gasteiger partial charge in [-0.25, -0.2) is 9.78 Å². The maximum atomic E-state index is 12.4. The zero-order valence-electron chi connectivity index (χ0n) is 10.00. The number of rotatable bonds is 4. The molecule has 1 aromatic heterocycles. The van der Waals surface area contributed by atoms with E-state index < -0.39 is 36.5 Å². The van der Waals surface area contributed by atoms with Gasteiger partial charge in [-0.05, 0) is 18.2 Å². The van der Waals surface area contributed by atoms with E-state index in [0.29, 0.717) is 12.1 Å².